The van der Waals surface area contributed by atoms with E-state index in [0.29, 0.717) is 22.5 Å². The largest absolute Gasteiger partial charge is 0.292 e. The van der Waals surface area contributed by atoms with Crippen molar-refractivity contribution < 1.29 is 14.4 Å². The van der Waals surface area contributed by atoms with Gasteiger partial charge in [-0.05, 0) is 42.2 Å². The number of nitrogens with zero attached hydrogens (tertiary/aromatic N) is 2. The average molecular weight is 371 g/mol. The fraction of sp³-hybridized carbons (Fsp3) is 0.450. The number of likely N-dealkylation sites (tertiary alicyclic amines) is 1. The van der Waals surface area contributed by atoms with E-state index in [1.807, 2.05) is 0 Å². The highest BCUT2D eigenvalue weighted by atomic mass is 35.5. The second-order valence-corrected chi connectivity index (χ2v) is 8.21. The standard InChI is InChI=1S/C20H19ClN2O3/c1-10(24)22(16-5-3-2-4-15(16)21)9-23-19(25)17-11-6-7-12(14-8-13(11)14)18(17)20(23)26/h2-7,11-14,17-18H,8-9H2,1H3/t11-,12-,13-,14+,17+,18+/m1/s1. The number of hydrogen-bond donors (Lipinski definition) is 0. The normalized spacial score (nSPS) is 36.2. The van der Waals surface area contributed by atoms with Crippen molar-refractivity contribution in [2.24, 2.45) is 35.5 Å². The van der Waals surface area contributed by atoms with Crippen LogP contribution in [0.25, 0.3) is 0 Å². The Morgan fingerprint density at radius 2 is 1.69 bits per heavy atom. The highest BCUT2D eigenvalue weighted by Gasteiger charge is 2.67. The van der Waals surface area contributed by atoms with E-state index in [0.717, 1.165) is 6.42 Å². The van der Waals surface area contributed by atoms with Gasteiger partial charge in [0.15, 0.2) is 0 Å². The molecule has 6 rings (SSSR count). The zero-order valence-electron chi connectivity index (χ0n) is 14.3. The molecular formula is C20H19ClN2O3. The number of amides is 3. The SMILES string of the molecule is CC(=O)N(CN1C(=O)[C@H]2[C@@H]3C=C[C@H]([C@@H]4C[C@H]34)[C@@H]2C1=O)c1ccccc1Cl. The Hall–Kier alpha value is -2.14. The van der Waals surface area contributed by atoms with Gasteiger partial charge in [0.25, 0.3) is 0 Å². The number of halogens is 1. The summed E-state index contributed by atoms with van der Waals surface area (Å²) < 4.78 is 0. The van der Waals surface area contributed by atoms with Crippen molar-refractivity contribution in [2.75, 3.05) is 11.6 Å². The summed E-state index contributed by atoms with van der Waals surface area (Å²) in [6.45, 7) is 1.35. The zero-order chi connectivity index (χ0) is 18.2. The minimum atomic E-state index is -0.252. The van der Waals surface area contributed by atoms with Crippen molar-refractivity contribution in [2.45, 2.75) is 13.3 Å². The van der Waals surface area contributed by atoms with Crippen molar-refractivity contribution in [1.29, 1.82) is 0 Å². The molecule has 3 amide bonds. The molecule has 134 valence electrons. The molecule has 26 heavy (non-hydrogen) atoms. The quantitative estimate of drug-likeness (QED) is 0.607. The van der Waals surface area contributed by atoms with Crippen molar-refractivity contribution in [3.05, 3.63) is 41.4 Å². The zero-order valence-corrected chi connectivity index (χ0v) is 15.1. The highest BCUT2D eigenvalue weighted by Crippen LogP contribution is 2.65. The smallest absolute Gasteiger partial charge is 0.235 e. The van der Waals surface area contributed by atoms with Gasteiger partial charge in [0, 0.05) is 6.92 Å². The fourth-order valence-electron chi connectivity index (χ4n) is 5.32. The Morgan fingerprint density at radius 3 is 2.23 bits per heavy atom. The van der Waals surface area contributed by atoms with Crippen LogP contribution in [0.5, 0.6) is 0 Å². The molecule has 0 spiro atoms. The molecule has 1 heterocycles. The Labute approximate surface area is 156 Å². The van der Waals surface area contributed by atoms with E-state index in [-0.39, 0.29) is 48.1 Å². The molecular weight excluding hydrogens is 352 g/mol. The molecule has 0 N–H and O–H groups in total. The van der Waals surface area contributed by atoms with Gasteiger partial charge in [0.1, 0.15) is 6.67 Å². The Balaban J connectivity index is 1.46. The molecule has 2 saturated carbocycles. The third-order valence-corrected chi connectivity index (χ3v) is 6.88. The van der Waals surface area contributed by atoms with Gasteiger partial charge < -0.3 is 0 Å². The van der Waals surface area contributed by atoms with Crippen molar-refractivity contribution in [3.63, 3.8) is 0 Å². The summed E-state index contributed by atoms with van der Waals surface area (Å²) in [5.74, 6) is 0.474. The van der Waals surface area contributed by atoms with Gasteiger partial charge >= 0.3 is 0 Å². The van der Waals surface area contributed by atoms with Crippen LogP contribution < -0.4 is 4.90 Å². The Morgan fingerprint density at radius 1 is 1.12 bits per heavy atom. The summed E-state index contributed by atoms with van der Waals surface area (Å²) in [4.78, 5) is 41.1. The molecule has 4 aliphatic carbocycles. The summed E-state index contributed by atoms with van der Waals surface area (Å²) in [5, 5.41) is 0.419. The average Bonchev–Trinajstić information content (AvgIpc) is 3.40. The minimum Gasteiger partial charge on any atom is -0.292 e. The number of benzene rings is 1. The number of para-hydroxylation sites is 1. The van der Waals surface area contributed by atoms with Gasteiger partial charge in [-0.15, -0.1) is 0 Å². The summed E-state index contributed by atoms with van der Waals surface area (Å²) in [5.41, 5.74) is 0.515. The fourth-order valence-corrected chi connectivity index (χ4v) is 5.55. The third kappa shape index (κ3) is 2.07. The number of carbonyl (C=O) groups is 3. The van der Waals surface area contributed by atoms with E-state index in [4.69, 9.17) is 11.6 Å². The molecule has 1 saturated heterocycles. The summed E-state index contributed by atoms with van der Waals surface area (Å²) in [7, 11) is 0. The monoisotopic (exact) mass is 370 g/mol. The van der Waals surface area contributed by atoms with E-state index < -0.39 is 0 Å². The van der Waals surface area contributed by atoms with Crippen LogP contribution in [0, 0.1) is 35.5 Å². The molecule has 5 aliphatic rings. The maximum Gasteiger partial charge on any atom is 0.235 e. The van der Waals surface area contributed by atoms with Gasteiger partial charge in [-0.2, -0.15) is 0 Å². The molecule has 0 radical (unpaired) electrons. The molecule has 2 bridgehead atoms. The van der Waals surface area contributed by atoms with Crippen LogP contribution >= 0.6 is 11.6 Å². The highest BCUT2D eigenvalue weighted by molar-refractivity contribution is 6.33. The van der Waals surface area contributed by atoms with Gasteiger partial charge in [-0.1, -0.05) is 35.9 Å². The van der Waals surface area contributed by atoms with Crippen LogP contribution in [-0.2, 0) is 14.4 Å². The molecule has 6 heteroatoms. The van der Waals surface area contributed by atoms with Crippen LogP contribution in [0.15, 0.2) is 36.4 Å². The van der Waals surface area contributed by atoms with E-state index in [9.17, 15) is 14.4 Å². The molecule has 6 atom stereocenters. The van der Waals surface area contributed by atoms with Crippen LogP contribution in [0.2, 0.25) is 5.02 Å². The lowest BCUT2D eigenvalue weighted by Crippen LogP contribution is -2.44. The van der Waals surface area contributed by atoms with Crippen LogP contribution in [0.1, 0.15) is 13.3 Å². The number of carbonyl (C=O) groups excluding carboxylic acids is 3. The molecule has 0 unspecified atom stereocenters. The van der Waals surface area contributed by atoms with Gasteiger partial charge in [-0.3, -0.25) is 24.2 Å². The van der Waals surface area contributed by atoms with E-state index in [1.54, 1.807) is 24.3 Å². The first-order valence-corrected chi connectivity index (χ1v) is 9.43. The van der Waals surface area contributed by atoms with Crippen LogP contribution in [0.3, 0.4) is 0 Å². The summed E-state index contributed by atoms with van der Waals surface area (Å²) >= 11 is 6.23. The first-order valence-electron chi connectivity index (χ1n) is 9.05. The molecule has 1 aromatic carbocycles. The maximum absolute atomic E-state index is 13.1. The molecule has 0 aromatic heterocycles. The maximum atomic E-state index is 13.1. The number of anilines is 1. The first-order chi connectivity index (χ1) is 12.5. The van der Waals surface area contributed by atoms with Crippen molar-refractivity contribution in [1.82, 2.24) is 4.90 Å². The predicted octanol–water partition coefficient (Wildman–Crippen LogP) is 2.70. The number of hydrogen-bond acceptors (Lipinski definition) is 3. The lowest BCUT2D eigenvalue weighted by atomic mass is 9.63. The number of imide groups is 1. The van der Waals surface area contributed by atoms with Crippen LogP contribution in [0.4, 0.5) is 5.69 Å². The van der Waals surface area contributed by atoms with Crippen molar-refractivity contribution >= 4 is 35.0 Å². The van der Waals surface area contributed by atoms with Crippen LogP contribution in [-0.4, -0.2) is 29.3 Å². The number of allylic oxidation sites excluding steroid dienone is 2. The summed E-state index contributed by atoms with van der Waals surface area (Å²) in [6.07, 6.45) is 5.42. The minimum absolute atomic E-state index is 0.0709. The second kappa shape index (κ2) is 5.43. The third-order valence-electron chi connectivity index (χ3n) is 6.56. The van der Waals surface area contributed by atoms with Gasteiger partial charge in [-0.25, -0.2) is 0 Å². The predicted molar refractivity (Wildman–Crippen MR) is 96.0 cm³/mol. The first kappa shape index (κ1) is 16.1. The summed E-state index contributed by atoms with van der Waals surface area (Å²) in [6, 6.07) is 6.98. The Kier molecular flexibility index (Phi) is 3.35. The molecule has 5 nitrogen and oxygen atoms in total. The molecule has 1 aromatic rings. The lowest BCUT2D eigenvalue weighted by molar-refractivity contribution is -0.140. The van der Waals surface area contributed by atoms with E-state index >= 15 is 0 Å². The molecule has 1 aliphatic heterocycles. The topological polar surface area (TPSA) is 57.7 Å². The van der Waals surface area contributed by atoms with Gasteiger partial charge in [0.05, 0.1) is 22.5 Å². The van der Waals surface area contributed by atoms with Gasteiger partial charge in [0.2, 0.25) is 17.7 Å². The van der Waals surface area contributed by atoms with Crippen molar-refractivity contribution in [3.8, 4) is 0 Å². The second-order valence-electron chi connectivity index (χ2n) is 7.80. The van der Waals surface area contributed by atoms with E-state index in [2.05, 4.69) is 12.2 Å². The van der Waals surface area contributed by atoms with E-state index in [1.165, 1.54) is 16.7 Å². The lowest BCUT2D eigenvalue weighted by Gasteiger charge is -2.37. The Bertz CT molecular complexity index is 830. The number of rotatable bonds is 3. The molecule has 3 fully saturated rings.